The Hall–Kier alpha value is -3.82. The van der Waals surface area contributed by atoms with Crippen molar-refractivity contribution in [1.29, 1.82) is 0 Å². The average Bonchev–Trinajstić information content (AvgIpc) is 1.76. The molecule has 113 heavy (non-hydrogen) atoms. The summed E-state index contributed by atoms with van der Waals surface area (Å²) in [4.78, 5) is 93.1. The number of alkyl carbamates (subject to hydrolysis) is 4. The molecule has 7 N–H and O–H groups in total. The summed E-state index contributed by atoms with van der Waals surface area (Å²) >= 11 is 4.51. The number of hydrogen-bond acceptors (Lipinski definition) is 20. The molecule has 0 aromatic heterocycles. The summed E-state index contributed by atoms with van der Waals surface area (Å²) in [6.45, 7) is 19.4. The second kappa shape index (κ2) is 70.1. The zero-order valence-corrected chi connectivity index (χ0v) is 75.1. The number of ether oxygens (including phenoxy) is 11. The lowest BCUT2D eigenvalue weighted by Crippen LogP contribution is -3.06. The zero-order valence-electron chi connectivity index (χ0n) is 71.5. The first-order valence-corrected chi connectivity index (χ1v) is 43.1. The molecule has 5 atom stereocenters. The van der Waals surface area contributed by atoms with Crippen LogP contribution in [0.25, 0.3) is 0 Å². The highest BCUT2D eigenvalue weighted by atomic mass is 127. The quantitative estimate of drug-likeness (QED) is 0.00436. The minimum Gasteiger partial charge on any atom is -1.00 e. The molecule has 0 radical (unpaired) electrons. The standard InChI is InChI=1S/C29H57N3O5.C28H55N3O5.C16H27NO6.C7H14O2.C2ClNO2.ClH.HI/c1-5-6-7-8-9-10-11-12-13-14-15-16-17-18-23-35-25-29(20-19-24-37-29)26-36-28(34)31-27(33)30-21-22-32(2,3)4;1-4-5-6-7-8-9-10-11-12-13-14-15-16-17-22-34-24-28(19-18-23-36-28)25-35-27(33)30-26(32)29-20-21-31(2)3;1-3-15(7-5-9-22-15)11-20-13(18)17-14(19)21-12-16(4-2)8-6-10-23-16;1-2-7(6-8)4-3-5-9-7;3-2(6)4-1-5;;/h5-26H2,1-4H3,(H-,30,31,33,34);4-25H2,1-3H3,(H2,29,30,32,33);3-12H2,1-2H3,(H,17,18,19);8H,2-6H2,1H3;;2*1H. The molecule has 0 aromatic carbocycles. The lowest BCUT2D eigenvalue weighted by Gasteiger charge is -2.27. The number of likely N-dealkylation sites (N-methyl/N-ethyl adjacent to an activating group) is 2. The van der Waals surface area contributed by atoms with Crippen LogP contribution in [0, 0.1) is 0 Å². The number of carbonyl (C=O) groups is 7. The number of aliphatic imine (C=N–C) groups is 1. The summed E-state index contributed by atoms with van der Waals surface area (Å²) in [5.74, 6) is 0. The van der Waals surface area contributed by atoms with Gasteiger partial charge in [-0.2, -0.15) is 0 Å². The van der Waals surface area contributed by atoms with E-state index in [0.29, 0.717) is 65.9 Å². The Morgan fingerprint density at radius 2 is 0.717 bits per heavy atom. The lowest BCUT2D eigenvalue weighted by atomic mass is 9.98. The van der Waals surface area contributed by atoms with Crippen molar-refractivity contribution in [2.24, 2.45) is 4.99 Å². The molecule has 0 aromatic rings. The van der Waals surface area contributed by atoms with Crippen molar-refractivity contribution in [2.45, 2.75) is 326 Å². The van der Waals surface area contributed by atoms with Crippen LogP contribution in [0.2, 0.25) is 0 Å². The van der Waals surface area contributed by atoms with Crippen molar-refractivity contribution >= 4 is 59.5 Å². The van der Waals surface area contributed by atoms with E-state index in [1.807, 2.05) is 49.1 Å². The number of rotatable bonds is 52. The second-order valence-electron chi connectivity index (χ2n) is 31.8. The van der Waals surface area contributed by atoms with Gasteiger partial charge in [-0.05, 0) is 108 Å². The van der Waals surface area contributed by atoms with Gasteiger partial charge in [0.25, 0.3) is 0 Å². The maximum atomic E-state index is 12.0. The molecule has 28 nitrogen and oxygen atoms in total. The monoisotopic (exact) mass is 1770 g/mol. The lowest BCUT2D eigenvalue weighted by molar-refractivity contribution is -0.869. The number of imide groups is 3. The third-order valence-corrected chi connectivity index (χ3v) is 20.9. The van der Waals surface area contributed by atoms with E-state index in [0.717, 1.165) is 127 Å². The van der Waals surface area contributed by atoms with E-state index >= 15 is 0 Å². The van der Waals surface area contributed by atoms with E-state index in [2.05, 4.69) is 63.9 Å². The molecular weight excluding hydrogens is 1610 g/mol. The SMILES string of the molecule is CCC1(CO)CCCO1.CCC1(COC(=O)NC(=O)OCC2(CC)CCCO2)CCCO1.CCCCCCCCCCCCCCCCOCC1(COC(=O)NC(=O)NCC[N+](C)(C)C)CCCO1.CCCCCCCCCCCCCCCCOCC1(COC(=O)NC(=O)NCC[NH+](C)C)CCCO1.O=C=NC(=O)Cl.[Cl-].[I-]. The largest absolute Gasteiger partial charge is 1.00 e. The molecule has 5 saturated heterocycles. The van der Waals surface area contributed by atoms with Gasteiger partial charge < -0.3 is 114 Å². The number of unbranched alkanes of at least 4 members (excludes halogenated alkanes) is 26. The molecule has 0 spiro atoms. The van der Waals surface area contributed by atoms with E-state index < -0.39 is 64.2 Å². The molecule has 0 bridgehead atoms. The fraction of sp³-hybridized carbons (Fsp3) is 0.902. The first-order chi connectivity index (χ1) is 53.4. The van der Waals surface area contributed by atoms with Gasteiger partial charge in [0, 0.05) is 46.2 Å². The van der Waals surface area contributed by atoms with Gasteiger partial charge in [-0.3, -0.25) is 4.79 Å². The molecule has 0 aliphatic carbocycles. The number of nitrogens with one attached hydrogen (secondary N) is 6. The van der Waals surface area contributed by atoms with Crippen molar-refractivity contribution in [3.63, 3.8) is 0 Å². The first-order valence-electron chi connectivity index (χ1n) is 42.7. The number of urea groups is 2. The van der Waals surface area contributed by atoms with Crippen LogP contribution in [0.1, 0.15) is 298 Å². The van der Waals surface area contributed by atoms with Crippen molar-refractivity contribution in [1.82, 2.24) is 26.6 Å². The molecule has 5 aliphatic heterocycles. The Morgan fingerprint density at radius 3 is 0.965 bits per heavy atom. The molecule has 5 fully saturated rings. The van der Waals surface area contributed by atoms with E-state index in [-0.39, 0.29) is 75.0 Å². The molecule has 5 aliphatic rings. The van der Waals surface area contributed by atoms with Gasteiger partial charge in [0.2, 0.25) is 6.08 Å². The maximum Gasteiger partial charge on any atom is 0.416 e. The van der Waals surface area contributed by atoms with Crippen LogP contribution < -0.4 is 67.9 Å². The fourth-order valence-corrected chi connectivity index (χ4v) is 13.4. The number of isocyanates is 1. The van der Waals surface area contributed by atoms with Gasteiger partial charge in [-0.25, -0.2) is 49.5 Å². The first kappa shape index (κ1) is 111. The van der Waals surface area contributed by atoms with Crippen LogP contribution in [-0.2, 0) is 56.9 Å². The Bertz CT molecular complexity index is 2420. The van der Waals surface area contributed by atoms with Crippen molar-refractivity contribution < 1.29 is 141 Å². The number of halogens is 3. The third kappa shape index (κ3) is 59.5. The molecule has 5 heterocycles. The Kier molecular flexibility index (Phi) is 69.0. The molecule has 31 heteroatoms. The van der Waals surface area contributed by atoms with Crippen LogP contribution in [0.4, 0.5) is 33.6 Å². The summed E-state index contributed by atoms with van der Waals surface area (Å²) in [6.07, 6.45) is 46.9. The molecule has 9 amide bonds. The van der Waals surface area contributed by atoms with Crippen molar-refractivity contribution in [3.05, 3.63) is 0 Å². The summed E-state index contributed by atoms with van der Waals surface area (Å²) in [6, 6.07) is -1.09. The number of hydrogen-bond donors (Lipinski definition) is 7. The van der Waals surface area contributed by atoms with Gasteiger partial charge in [0.1, 0.15) is 48.8 Å². The van der Waals surface area contributed by atoms with Crippen LogP contribution >= 0.6 is 11.6 Å². The number of amides is 9. The molecule has 5 rings (SSSR count). The smallest absolute Gasteiger partial charge is 0.416 e. The summed E-state index contributed by atoms with van der Waals surface area (Å²) in [7, 11) is 10.1. The van der Waals surface area contributed by atoms with Gasteiger partial charge in [-0.15, -0.1) is 4.99 Å². The molecular formula is C82H155Cl2IN8O20. The van der Waals surface area contributed by atoms with Crippen LogP contribution in [0.3, 0.4) is 0 Å². The third-order valence-electron chi connectivity index (χ3n) is 20.8. The number of aliphatic hydroxyl groups excluding tert-OH is 1. The van der Waals surface area contributed by atoms with Gasteiger partial charge in [-0.1, -0.05) is 202 Å². The predicted octanol–water partition coefficient (Wildman–Crippen LogP) is 9.18. The van der Waals surface area contributed by atoms with E-state index in [1.54, 1.807) is 0 Å². The molecule has 0 saturated carbocycles. The zero-order chi connectivity index (χ0) is 82.1. The highest BCUT2D eigenvalue weighted by Gasteiger charge is 2.40. The predicted molar refractivity (Wildman–Crippen MR) is 431 cm³/mol. The van der Waals surface area contributed by atoms with Gasteiger partial charge >= 0.3 is 41.8 Å². The van der Waals surface area contributed by atoms with E-state index in [1.165, 1.54) is 172 Å². The number of carbonyl (C=O) groups excluding carboxylic acids is 8. The Morgan fingerprint density at radius 1 is 0.434 bits per heavy atom. The molecule has 664 valence electrons. The summed E-state index contributed by atoms with van der Waals surface area (Å²) in [5.41, 5.74) is -2.19. The van der Waals surface area contributed by atoms with E-state index in [9.17, 15) is 33.6 Å². The number of nitrogens with zero attached hydrogens (tertiary/aromatic N) is 2. The number of quaternary nitrogens is 2. The number of aliphatic hydroxyl groups is 1. The van der Waals surface area contributed by atoms with E-state index in [4.69, 9.17) is 62.0 Å². The normalized spacial score (nSPS) is 20.6. The van der Waals surface area contributed by atoms with Gasteiger partial charge in [0.05, 0.1) is 86.8 Å². The Labute approximate surface area is 708 Å². The fourth-order valence-electron chi connectivity index (χ4n) is 13.4. The van der Waals surface area contributed by atoms with Crippen molar-refractivity contribution in [3.8, 4) is 0 Å². The summed E-state index contributed by atoms with van der Waals surface area (Å²) in [5, 5.41) is 19.7. The minimum atomic E-state index is -1.04. The Balaban J connectivity index is 0. The summed E-state index contributed by atoms with van der Waals surface area (Å²) < 4.78 is 61.8. The van der Waals surface area contributed by atoms with Crippen LogP contribution in [0.5, 0.6) is 0 Å². The highest BCUT2D eigenvalue weighted by Crippen LogP contribution is 2.32. The minimum absolute atomic E-state index is 0. The highest BCUT2D eigenvalue weighted by molar-refractivity contribution is 6.63. The second-order valence-corrected chi connectivity index (χ2v) is 32.1. The van der Waals surface area contributed by atoms with Crippen LogP contribution in [0.15, 0.2) is 4.99 Å². The molecule has 5 unspecified atom stereocenters. The van der Waals surface area contributed by atoms with Gasteiger partial charge in [0.15, 0.2) is 0 Å². The average molecular weight is 1770 g/mol. The van der Waals surface area contributed by atoms with Crippen molar-refractivity contribution in [2.75, 3.05) is 154 Å². The maximum absolute atomic E-state index is 12.0. The topological polar surface area (TPSA) is 335 Å². The van der Waals surface area contributed by atoms with Crippen LogP contribution in [-0.4, -0.2) is 239 Å².